The maximum Gasteiger partial charge on any atom is 0.232 e. The second-order valence-corrected chi connectivity index (χ2v) is 7.81. The van der Waals surface area contributed by atoms with Gasteiger partial charge in [0.05, 0.1) is 5.39 Å². The Labute approximate surface area is 190 Å². The molecule has 6 rings (SSSR count). The molecule has 0 radical (unpaired) electrons. The lowest BCUT2D eigenvalue weighted by atomic mass is 9.99. The summed E-state index contributed by atoms with van der Waals surface area (Å²) in [5.41, 5.74) is 5.25. The predicted octanol–water partition coefficient (Wildman–Crippen LogP) is 6.09. The summed E-state index contributed by atoms with van der Waals surface area (Å²) in [4.78, 5) is 9.35. The first-order chi connectivity index (χ1) is 16.3. The zero-order valence-electron chi connectivity index (χ0n) is 18.0. The van der Waals surface area contributed by atoms with Crippen molar-refractivity contribution in [2.24, 2.45) is 0 Å². The van der Waals surface area contributed by atoms with Crippen LogP contribution in [0.5, 0.6) is 5.75 Å². The average Bonchev–Trinajstić information content (AvgIpc) is 3.46. The number of fused-ring (bicyclic) bond motifs is 3. The number of ether oxygens (including phenoxy) is 1. The van der Waals surface area contributed by atoms with E-state index >= 15 is 0 Å². The third kappa shape index (κ3) is 3.42. The Bertz CT molecular complexity index is 1570. The zero-order chi connectivity index (χ0) is 22.2. The van der Waals surface area contributed by atoms with Gasteiger partial charge in [0.1, 0.15) is 24.4 Å². The van der Waals surface area contributed by atoms with Crippen molar-refractivity contribution in [2.75, 3.05) is 0 Å². The van der Waals surface area contributed by atoms with Gasteiger partial charge < -0.3 is 9.15 Å². The van der Waals surface area contributed by atoms with E-state index in [-0.39, 0.29) is 6.61 Å². The summed E-state index contributed by atoms with van der Waals surface area (Å²) >= 11 is 0. The third-order valence-electron chi connectivity index (χ3n) is 5.62. The Hall–Kier alpha value is -4.45. The van der Waals surface area contributed by atoms with Crippen LogP contribution < -0.4 is 4.74 Å². The fraction of sp³-hybridized carbons (Fsp3) is 0.0741. The molecule has 0 aliphatic heterocycles. The number of para-hydroxylation sites is 1. The van der Waals surface area contributed by atoms with E-state index in [1.54, 1.807) is 10.8 Å². The molecule has 0 spiro atoms. The van der Waals surface area contributed by atoms with Gasteiger partial charge in [-0.2, -0.15) is 0 Å². The predicted molar refractivity (Wildman–Crippen MR) is 127 cm³/mol. The van der Waals surface area contributed by atoms with Crippen molar-refractivity contribution in [3.05, 3.63) is 103 Å². The second kappa shape index (κ2) is 7.91. The van der Waals surface area contributed by atoms with Gasteiger partial charge in [0, 0.05) is 11.1 Å². The van der Waals surface area contributed by atoms with Gasteiger partial charge in [0.15, 0.2) is 11.5 Å². The molecular weight excluding hydrogens is 412 g/mol. The second-order valence-electron chi connectivity index (χ2n) is 7.81. The molecule has 0 atom stereocenters. The Morgan fingerprint density at radius 2 is 1.55 bits per heavy atom. The largest absolute Gasteiger partial charge is 0.485 e. The number of furan rings is 1. The van der Waals surface area contributed by atoms with E-state index in [0.29, 0.717) is 17.2 Å². The van der Waals surface area contributed by atoms with Gasteiger partial charge in [0.25, 0.3) is 0 Å². The highest BCUT2D eigenvalue weighted by atomic mass is 16.5. The standard InChI is InChI=1S/C27H20N4O2/c1-18-10-8-9-15-21(18)32-16-22-29-26-24-23(19-11-4-2-5-12-19)25(20-13-6-3-7-14-20)33-27(24)28-17-31(26)30-22/h2-15,17H,16H2,1H3. The van der Waals surface area contributed by atoms with Crippen LogP contribution in [0.15, 0.2) is 95.7 Å². The molecule has 0 aliphatic rings. The monoisotopic (exact) mass is 432 g/mol. The molecule has 0 amide bonds. The van der Waals surface area contributed by atoms with Crippen molar-refractivity contribution in [3.8, 4) is 28.2 Å². The van der Waals surface area contributed by atoms with E-state index < -0.39 is 0 Å². The van der Waals surface area contributed by atoms with E-state index in [9.17, 15) is 0 Å². The molecule has 0 bridgehead atoms. The maximum absolute atomic E-state index is 6.28. The molecule has 3 aromatic carbocycles. The Morgan fingerprint density at radius 3 is 2.30 bits per heavy atom. The molecule has 0 aliphatic carbocycles. The van der Waals surface area contributed by atoms with Crippen LogP contribution in [0.3, 0.4) is 0 Å². The average molecular weight is 432 g/mol. The first-order valence-electron chi connectivity index (χ1n) is 10.7. The number of hydrogen-bond donors (Lipinski definition) is 0. The van der Waals surface area contributed by atoms with Crippen molar-refractivity contribution in [2.45, 2.75) is 13.5 Å². The molecule has 0 N–H and O–H groups in total. The summed E-state index contributed by atoms with van der Waals surface area (Å²) in [7, 11) is 0. The highest BCUT2D eigenvalue weighted by Gasteiger charge is 2.22. The summed E-state index contributed by atoms with van der Waals surface area (Å²) in [5.74, 6) is 2.16. The van der Waals surface area contributed by atoms with Crippen LogP contribution in [-0.4, -0.2) is 19.6 Å². The van der Waals surface area contributed by atoms with Crippen LogP contribution in [0, 0.1) is 6.92 Å². The topological polar surface area (TPSA) is 65.5 Å². The first kappa shape index (κ1) is 19.3. The van der Waals surface area contributed by atoms with Gasteiger partial charge in [-0.15, -0.1) is 5.10 Å². The number of rotatable bonds is 5. The maximum atomic E-state index is 6.28. The molecule has 6 heteroatoms. The van der Waals surface area contributed by atoms with Gasteiger partial charge in [0.2, 0.25) is 5.71 Å². The van der Waals surface area contributed by atoms with Crippen molar-refractivity contribution in [3.63, 3.8) is 0 Å². The van der Waals surface area contributed by atoms with E-state index in [4.69, 9.17) is 14.1 Å². The van der Waals surface area contributed by atoms with Gasteiger partial charge in [-0.1, -0.05) is 78.9 Å². The number of aromatic nitrogens is 4. The Balaban J connectivity index is 1.52. The minimum absolute atomic E-state index is 0.262. The van der Waals surface area contributed by atoms with Gasteiger partial charge in [-0.25, -0.2) is 14.5 Å². The van der Waals surface area contributed by atoms with Crippen LogP contribution in [0.2, 0.25) is 0 Å². The number of benzene rings is 3. The van der Waals surface area contributed by atoms with Crippen molar-refractivity contribution >= 4 is 16.7 Å². The number of aryl methyl sites for hydroxylation is 1. The summed E-state index contributed by atoms with van der Waals surface area (Å²) in [5, 5.41) is 5.43. The number of nitrogens with zero attached hydrogens (tertiary/aromatic N) is 4. The quantitative estimate of drug-likeness (QED) is 0.330. The minimum Gasteiger partial charge on any atom is -0.485 e. The molecule has 0 saturated carbocycles. The SMILES string of the molecule is Cc1ccccc1OCc1nc2c3c(-c4ccccc4)c(-c4ccccc4)oc3ncn2n1. The molecule has 33 heavy (non-hydrogen) atoms. The molecule has 0 fully saturated rings. The fourth-order valence-electron chi connectivity index (χ4n) is 4.04. The highest BCUT2D eigenvalue weighted by Crippen LogP contribution is 2.41. The molecule has 6 aromatic rings. The van der Waals surface area contributed by atoms with Crippen LogP contribution >= 0.6 is 0 Å². The van der Waals surface area contributed by atoms with Crippen molar-refractivity contribution in [1.29, 1.82) is 0 Å². The molecular formula is C27H20N4O2. The molecule has 0 saturated heterocycles. The molecule has 3 heterocycles. The summed E-state index contributed by atoms with van der Waals surface area (Å²) in [6, 6.07) is 28.1. The molecule has 0 unspecified atom stereocenters. The van der Waals surface area contributed by atoms with Crippen LogP contribution in [0.1, 0.15) is 11.4 Å². The number of hydrogen-bond acceptors (Lipinski definition) is 5. The van der Waals surface area contributed by atoms with Gasteiger partial charge in [-0.05, 0) is 24.1 Å². The molecule has 3 aromatic heterocycles. The lowest BCUT2D eigenvalue weighted by Crippen LogP contribution is -1.99. The van der Waals surface area contributed by atoms with Crippen molar-refractivity contribution in [1.82, 2.24) is 19.6 Å². The van der Waals surface area contributed by atoms with E-state index in [1.807, 2.05) is 79.7 Å². The molecule has 6 nitrogen and oxygen atoms in total. The third-order valence-corrected chi connectivity index (χ3v) is 5.62. The zero-order valence-corrected chi connectivity index (χ0v) is 18.0. The summed E-state index contributed by atoms with van der Waals surface area (Å²) in [6.07, 6.45) is 1.63. The van der Waals surface area contributed by atoms with Crippen LogP contribution in [-0.2, 0) is 6.61 Å². The first-order valence-corrected chi connectivity index (χ1v) is 10.7. The Kier molecular flexibility index (Phi) is 4.61. The smallest absolute Gasteiger partial charge is 0.232 e. The summed E-state index contributed by atoms with van der Waals surface area (Å²) in [6.45, 7) is 2.28. The van der Waals surface area contributed by atoms with E-state index in [1.165, 1.54) is 0 Å². The lowest BCUT2D eigenvalue weighted by molar-refractivity contribution is 0.294. The van der Waals surface area contributed by atoms with E-state index in [0.717, 1.165) is 39.1 Å². The van der Waals surface area contributed by atoms with E-state index in [2.05, 4.69) is 22.2 Å². The lowest BCUT2D eigenvalue weighted by Gasteiger charge is -2.05. The molecule has 160 valence electrons. The van der Waals surface area contributed by atoms with Crippen molar-refractivity contribution < 1.29 is 9.15 Å². The summed E-state index contributed by atoms with van der Waals surface area (Å²) < 4.78 is 13.9. The Morgan fingerprint density at radius 1 is 0.848 bits per heavy atom. The fourth-order valence-corrected chi connectivity index (χ4v) is 4.04. The van der Waals surface area contributed by atoms with Gasteiger partial charge in [-0.3, -0.25) is 0 Å². The van der Waals surface area contributed by atoms with Crippen LogP contribution in [0.25, 0.3) is 39.2 Å². The highest BCUT2D eigenvalue weighted by molar-refractivity contribution is 6.07. The normalized spacial score (nSPS) is 11.3. The minimum atomic E-state index is 0.262. The van der Waals surface area contributed by atoms with Gasteiger partial charge >= 0.3 is 0 Å². The van der Waals surface area contributed by atoms with Crippen LogP contribution in [0.4, 0.5) is 0 Å².